The minimum absolute atomic E-state index is 0.0271. The van der Waals surface area contributed by atoms with E-state index in [2.05, 4.69) is 4.98 Å². The fourth-order valence-corrected chi connectivity index (χ4v) is 4.19. The summed E-state index contributed by atoms with van der Waals surface area (Å²) >= 11 is 0. The van der Waals surface area contributed by atoms with Gasteiger partial charge in [-0.2, -0.15) is 13.2 Å². The third kappa shape index (κ3) is 9.63. The minimum atomic E-state index is -4.48. The molecule has 2 aromatic rings. The molecular weight excluding hydrogens is 559 g/mol. The molecule has 0 fully saturated rings. The van der Waals surface area contributed by atoms with Gasteiger partial charge >= 0.3 is 18.1 Å². The van der Waals surface area contributed by atoms with Crippen LogP contribution in [0, 0.1) is 17.8 Å². The quantitative estimate of drug-likeness (QED) is 0.133. The smallest absolute Gasteiger partial charge is 0.416 e. The zero-order valence-corrected chi connectivity index (χ0v) is 24.8. The van der Waals surface area contributed by atoms with Crippen molar-refractivity contribution in [2.75, 3.05) is 13.9 Å². The van der Waals surface area contributed by atoms with Crippen molar-refractivity contribution < 1.29 is 51.2 Å². The molecule has 12 heteroatoms. The highest BCUT2D eigenvalue weighted by molar-refractivity contribution is 5.99. The zero-order chi connectivity index (χ0) is 31.6. The number of ether oxygens (including phenoxy) is 5. The van der Waals surface area contributed by atoms with Crippen molar-refractivity contribution in [3.8, 4) is 17.2 Å². The minimum Gasteiger partial charge on any atom is -0.493 e. The van der Waals surface area contributed by atoms with Crippen molar-refractivity contribution in [2.24, 2.45) is 17.8 Å². The molecule has 1 heterocycles. The SMILES string of the molecule is CC[C@H](C)[C@H](CC(=O)c1nccc(OC)c1OCOC(C)=O)C(=O)O[C@@H](C)[C@H](Oc1ccc(C(F)(F)F)cc1)C(C)C. The van der Waals surface area contributed by atoms with Crippen LogP contribution in [0.1, 0.15) is 70.4 Å². The van der Waals surface area contributed by atoms with Crippen molar-refractivity contribution in [2.45, 2.75) is 72.8 Å². The molecule has 9 nitrogen and oxygen atoms in total. The molecule has 2 rings (SSSR count). The first kappa shape index (κ1) is 34.4. The maximum Gasteiger partial charge on any atom is 0.416 e. The lowest BCUT2D eigenvalue weighted by Gasteiger charge is -2.30. The number of benzene rings is 1. The summed E-state index contributed by atoms with van der Waals surface area (Å²) in [6, 6.07) is 5.76. The zero-order valence-electron chi connectivity index (χ0n) is 24.8. The Morgan fingerprint density at radius 1 is 1.00 bits per heavy atom. The molecular formula is C30H38F3NO8. The number of methoxy groups -OCH3 is 1. The van der Waals surface area contributed by atoms with Crippen LogP contribution in [0.4, 0.5) is 13.2 Å². The first-order valence-electron chi connectivity index (χ1n) is 13.6. The van der Waals surface area contributed by atoms with Crippen LogP contribution in [-0.4, -0.2) is 48.8 Å². The molecule has 0 saturated heterocycles. The number of ketones is 1. The standard InChI is InChI=1S/C30H38F3NO8/c1-8-18(4)23(15-24(36)26-28(40-16-39-20(6)35)25(38-7)13-14-34-26)29(37)41-19(5)27(17(2)3)42-22-11-9-21(10-12-22)30(31,32)33/h9-14,17-19,23,27H,8,15-16H2,1-7H3/t18-,19-,23-,27+/m0/s1. The molecule has 0 spiro atoms. The number of Topliss-reactive ketones (excluding diaryl/α,β-unsaturated/α-hetero) is 1. The van der Waals surface area contributed by atoms with Gasteiger partial charge < -0.3 is 23.7 Å². The molecule has 0 radical (unpaired) electrons. The van der Waals surface area contributed by atoms with Gasteiger partial charge in [0.05, 0.1) is 18.6 Å². The Labute approximate surface area is 243 Å². The molecule has 0 aliphatic rings. The van der Waals surface area contributed by atoms with E-state index in [9.17, 15) is 27.6 Å². The molecule has 4 atom stereocenters. The first-order valence-corrected chi connectivity index (χ1v) is 13.6. The fraction of sp³-hybridized carbons (Fsp3) is 0.533. The van der Waals surface area contributed by atoms with Gasteiger partial charge in [0, 0.05) is 25.6 Å². The van der Waals surface area contributed by atoms with Gasteiger partial charge in [-0.1, -0.05) is 34.1 Å². The van der Waals surface area contributed by atoms with Crippen molar-refractivity contribution >= 4 is 17.7 Å². The van der Waals surface area contributed by atoms with Crippen molar-refractivity contribution in [1.82, 2.24) is 4.98 Å². The molecule has 0 bridgehead atoms. The Hall–Kier alpha value is -3.83. The number of rotatable bonds is 15. The summed E-state index contributed by atoms with van der Waals surface area (Å²) in [5.41, 5.74) is -0.900. The summed E-state index contributed by atoms with van der Waals surface area (Å²) in [4.78, 5) is 42.1. The second-order valence-corrected chi connectivity index (χ2v) is 10.2. The first-order chi connectivity index (χ1) is 19.7. The molecule has 0 aliphatic carbocycles. The van der Waals surface area contributed by atoms with E-state index in [1.807, 2.05) is 27.7 Å². The van der Waals surface area contributed by atoms with Gasteiger partial charge in [0.15, 0.2) is 23.0 Å². The Morgan fingerprint density at radius 2 is 1.64 bits per heavy atom. The predicted molar refractivity (Wildman–Crippen MR) is 146 cm³/mol. The highest BCUT2D eigenvalue weighted by Gasteiger charge is 2.35. The maximum atomic E-state index is 13.4. The Balaban J connectivity index is 2.22. The van der Waals surface area contributed by atoms with Crippen molar-refractivity contribution in [3.63, 3.8) is 0 Å². The molecule has 42 heavy (non-hydrogen) atoms. The van der Waals surface area contributed by atoms with Gasteiger partial charge in [0.25, 0.3) is 0 Å². The number of esters is 2. The Bertz CT molecular complexity index is 1200. The average Bonchev–Trinajstić information content (AvgIpc) is 2.93. The number of carbonyl (C=O) groups excluding carboxylic acids is 3. The second kappa shape index (κ2) is 15.4. The fourth-order valence-electron chi connectivity index (χ4n) is 4.19. The summed E-state index contributed by atoms with van der Waals surface area (Å²) in [7, 11) is 1.38. The van der Waals surface area contributed by atoms with Crippen molar-refractivity contribution in [3.05, 3.63) is 47.8 Å². The van der Waals surface area contributed by atoms with Crippen LogP contribution in [0.15, 0.2) is 36.5 Å². The summed E-state index contributed by atoms with van der Waals surface area (Å²) in [6.07, 6.45) is -4.28. The number of hydrogen-bond donors (Lipinski definition) is 0. The normalized spacial score (nSPS) is 14.4. The molecule has 1 aromatic heterocycles. The summed E-state index contributed by atoms with van der Waals surface area (Å²) in [5.74, 6) is -2.63. The lowest BCUT2D eigenvalue weighted by atomic mass is 9.86. The van der Waals surface area contributed by atoms with E-state index in [1.54, 1.807) is 6.92 Å². The van der Waals surface area contributed by atoms with Gasteiger partial charge in [-0.15, -0.1) is 0 Å². The van der Waals surface area contributed by atoms with Gasteiger partial charge in [-0.3, -0.25) is 14.4 Å². The van der Waals surface area contributed by atoms with Crippen LogP contribution in [-0.2, 0) is 25.2 Å². The number of pyridine rings is 1. The molecule has 0 saturated carbocycles. The third-order valence-electron chi connectivity index (χ3n) is 6.73. The Morgan fingerprint density at radius 3 is 2.17 bits per heavy atom. The molecule has 0 amide bonds. The molecule has 0 unspecified atom stereocenters. The van der Waals surface area contributed by atoms with Gasteiger partial charge in [-0.25, -0.2) is 4.98 Å². The average molecular weight is 598 g/mol. The maximum absolute atomic E-state index is 13.4. The van der Waals surface area contributed by atoms with E-state index in [4.69, 9.17) is 23.7 Å². The monoisotopic (exact) mass is 597 g/mol. The van der Waals surface area contributed by atoms with Crippen LogP contribution in [0.3, 0.4) is 0 Å². The van der Waals surface area contributed by atoms with Crippen LogP contribution < -0.4 is 14.2 Å². The number of halogens is 3. The molecule has 232 valence electrons. The lowest BCUT2D eigenvalue weighted by Crippen LogP contribution is -2.40. The molecule has 1 aromatic carbocycles. The summed E-state index contributed by atoms with van der Waals surface area (Å²) in [6.45, 7) is 9.73. The highest BCUT2D eigenvalue weighted by atomic mass is 19.4. The van der Waals surface area contributed by atoms with E-state index < -0.39 is 54.4 Å². The number of carbonyl (C=O) groups is 3. The topological polar surface area (TPSA) is 110 Å². The van der Waals surface area contributed by atoms with E-state index in [0.29, 0.717) is 6.42 Å². The van der Waals surface area contributed by atoms with Gasteiger partial charge in [0.2, 0.25) is 6.79 Å². The third-order valence-corrected chi connectivity index (χ3v) is 6.73. The molecule has 0 aliphatic heterocycles. The number of alkyl halides is 3. The number of aromatic nitrogens is 1. The molecule has 0 N–H and O–H groups in total. The van der Waals surface area contributed by atoms with Crippen LogP contribution >= 0.6 is 0 Å². The predicted octanol–water partition coefficient (Wildman–Crippen LogP) is 6.28. The highest BCUT2D eigenvalue weighted by Crippen LogP contribution is 2.33. The largest absolute Gasteiger partial charge is 0.493 e. The number of hydrogen-bond acceptors (Lipinski definition) is 9. The summed E-state index contributed by atoms with van der Waals surface area (Å²) in [5, 5.41) is 0. The van der Waals surface area contributed by atoms with E-state index in [-0.39, 0.29) is 41.2 Å². The summed E-state index contributed by atoms with van der Waals surface area (Å²) < 4.78 is 66.1. The van der Waals surface area contributed by atoms with Crippen LogP contribution in [0.5, 0.6) is 17.2 Å². The van der Waals surface area contributed by atoms with Crippen LogP contribution in [0.2, 0.25) is 0 Å². The van der Waals surface area contributed by atoms with E-state index in [0.717, 1.165) is 12.1 Å². The van der Waals surface area contributed by atoms with E-state index >= 15 is 0 Å². The van der Waals surface area contributed by atoms with Gasteiger partial charge in [0.1, 0.15) is 18.0 Å². The lowest BCUT2D eigenvalue weighted by molar-refractivity contribution is -0.161. The van der Waals surface area contributed by atoms with E-state index in [1.165, 1.54) is 38.4 Å². The van der Waals surface area contributed by atoms with Crippen LogP contribution in [0.25, 0.3) is 0 Å². The Kier molecular flexibility index (Phi) is 12.6. The van der Waals surface area contributed by atoms with Crippen molar-refractivity contribution in [1.29, 1.82) is 0 Å². The second-order valence-electron chi connectivity index (χ2n) is 10.2. The number of nitrogens with zero attached hydrogens (tertiary/aromatic N) is 1. The van der Waals surface area contributed by atoms with Gasteiger partial charge in [-0.05, 0) is 43.0 Å².